The molecule has 41 heavy (non-hydrogen) atoms. The van der Waals surface area contributed by atoms with Crippen molar-refractivity contribution < 1.29 is 4.74 Å². The normalized spacial score (nSPS) is 11.4. The lowest BCUT2D eigenvalue weighted by Crippen LogP contribution is -1.96. The van der Waals surface area contributed by atoms with Gasteiger partial charge in [0.2, 0.25) is 11.6 Å². The molecule has 0 saturated carbocycles. The van der Waals surface area contributed by atoms with Gasteiger partial charge in [0.25, 0.3) is 0 Å². The second kappa shape index (κ2) is 9.43. The smallest absolute Gasteiger partial charge is 0.219 e. The van der Waals surface area contributed by atoms with Crippen LogP contribution in [0.25, 0.3) is 45.4 Å². The highest BCUT2D eigenvalue weighted by Gasteiger charge is 2.15. The highest BCUT2D eigenvalue weighted by atomic mass is 16.5. The number of fused-ring (bicyclic) bond motifs is 2. The standard InChI is InChI=1S/C34H24N6O/c1-3-9-25(10-4-1)31-23-39(33-35-17-19-37(31)33)27-13-7-15-29(21-27)41-30-16-8-14-28(22-30)40-24-32(26-11-5-2-6-12-26)38-20-18-36-34(38)40/h1-24H. The summed E-state index contributed by atoms with van der Waals surface area (Å²) in [6, 6.07) is 36.8. The second-order valence-electron chi connectivity index (χ2n) is 9.79. The van der Waals surface area contributed by atoms with Gasteiger partial charge in [-0.2, -0.15) is 0 Å². The van der Waals surface area contributed by atoms with Crippen molar-refractivity contribution in [1.82, 2.24) is 27.9 Å². The SMILES string of the molecule is c1ccc(-c2cn(-c3cccc(Oc4cccc(-n5cc(-c6ccccc6)n6ccnc56)c4)c3)c3nccn23)cc1. The van der Waals surface area contributed by atoms with Crippen LogP contribution in [0.4, 0.5) is 0 Å². The molecule has 7 heteroatoms. The van der Waals surface area contributed by atoms with Crippen LogP contribution in [0.3, 0.4) is 0 Å². The summed E-state index contributed by atoms with van der Waals surface area (Å²) < 4.78 is 14.8. The Labute approximate surface area is 235 Å². The van der Waals surface area contributed by atoms with Gasteiger partial charge in [-0.25, -0.2) is 9.97 Å². The molecule has 4 aromatic carbocycles. The highest BCUT2D eigenvalue weighted by Crippen LogP contribution is 2.30. The molecule has 0 aliphatic rings. The zero-order valence-electron chi connectivity index (χ0n) is 21.9. The van der Waals surface area contributed by atoms with Crippen LogP contribution in [0.5, 0.6) is 11.5 Å². The Morgan fingerprint density at radius 2 is 0.951 bits per heavy atom. The number of hydrogen-bond acceptors (Lipinski definition) is 3. The molecule has 0 fully saturated rings. The van der Waals surface area contributed by atoms with E-state index < -0.39 is 0 Å². The van der Waals surface area contributed by atoms with Crippen molar-refractivity contribution in [3.05, 3.63) is 146 Å². The molecule has 0 spiro atoms. The fraction of sp³-hybridized carbons (Fsp3) is 0. The van der Waals surface area contributed by atoms with Crippen LogP contribution in [0.2, 0.25) is 0 Å². The zero-order chi connectivity index (χ0) is 27.2. The van der Waals surface area contributed by atoms with Gasteiger partial charge in [0.1, 0.15) is 11.5 Å². The molecular weight excluding hydrogens is 508 g/mol. The quantitative estimate of drug-likeness (QED) is 0.221. The molecule has 8 rings (SSSR count). The summed E-state index contributed by atoms with van der Waals surface area (Å²) in [6.45, 7) is 0. The van der Waals surface area contributed by atoms with Gasteiger partial charge >= 0.3 is 0 Å². The van der Waals surface area contributed by atoms with Crippen molar-refractivity contribution >= 4 is 11.6 Å². The van der Waals surface area contributed by atoms with E-state index in [-0.39, 0.29) is 0 Å². The predicted molar refractivity (Wildman–Crippen MR) is 160 cm³/mol. The van der Waals surface area contributed by atoms with E-state index in [1.807, 2.05) is 97.6 Å². The monoisotopic (exact) mass is 532 g/mol. The Balaban J connectivity index is 1.13. The van der Waals surface area contributed by atoms with Crippen LogP contribution in [0.15, 0.2) is 146 Å². The third kappa shape index (κ3) is 3.99. The maximum Gasteiger partial charge on any atom is 0.219 e. The first-order chi connectivity index (χ1) is 20.3. The van der Waals surface area contributed by atoms with E-state index in [1.54, 1.807) is 0 Å². The lowest BCUT2D eigenvalue weighted by atomic mass is 10.2. The van der Waals surface area contributed by atoms with E-state index in [4.69, 9.17) is 4.74 Å². The molecule has 0 saturated heterocycles. The number of nitrogens with zero attached hydrogens (tertiary/aromatic N) is 6. The van der Waals surface area contributed by atoms with Crippen molar-refractivity contribution in [3.63, 3.8) is 0 Å². The van der Waals surface area contributed by atoms with Gasteiger partial charge in [-0.1, -0.05) is 72.8 Å². The summed E-state index contributed by atoms with van der Waals surface area (Å²) in [5, 5.41) is 0. The van der Waals surface area contributed by atoms with E-state index in [2.05, 4.69) is 76.7 Å². The summed E-state index contributed by atoms with van der Waals surface area (Å²) in [4.78, 5) is 9.24. The minimum absolute atomic E-state index is 0.739. The Bertz CT molecular complexity index is 1980. The minimum atomic E-state index is 0.739. The molecule has 0 aliphatic carbocycles. The summed E-state index contributed by atoms with van der Waals surface area (Å²) >= 11 is 0. The maximum atomic E-state index is 6.39. The van der Waals surface area contributed by atoms with E-state index in [9.17, 15) is 0 Å². The van der Waals surface area contributed by atoms with Gasteiger partial charge in [-0.05, 0) is 24.3 Å². The largest absolute Gasteiger partial charge is 0.457 e. The van der Waals surface area contributed by atoms with Crippen molar-refractivity contribution in [1.29, 1.82) is 0 Å². The Morgan fingerprint density at radius 3 is 1.41 bits per heavy atom. The van der Waals surface area contributed by atoms with Crippen molar-refractivity contribution in [2.24, 2.45) is 0 Å². The van der Waals surface area contributed by atoms with Crippen LogP contribution < -0.4 is 4.74 Å². The average molecular weight is 533 g/mol. The molecule has 196 valence electrons. The van der Waals surface area contributed by atoms with Crippen LogP contribution in [-0.2, 0) is 0 Å². The van der Waals surface area contributed by atoms with Gasteiger partial charge in [0.05, 0.1) is 22.8 Å². The van der Waals surface area contributed by atoms with Crippen LogP contribution >= 0.6 is 0 Å². The Morgan fingerprint density at radius 1 is 0.488 bits per heavy atom. The topological polar surface area (TPSA) is 53.7 Å². The Kier molecular flexibility index (Phi) is 5.31. The summed E-state index contributed by atoms with van der Waals surface area (Å²) in [6.07, 6.45) is 11.9. The molecule has 0 bridgehead atoms. The molecule has 0 unspecified atom stereocenters. The number of ether oxygens (including phenoxy) is 1. The molecule has 0 N–H and O–H groups in total. The molecule has 4 aromatic heterocycles. The molecule has 8 aromatic rings. The van der Waals surface area contributed by atoms with E-state index in [0.29, 0.717) is 0 Å². The van der Waals surface area contributed by atoms with Crippen LogP contribution in [0.1, 0.15) is 0 Å². The molecule has 0 radical (unpaired) electrons. The number of benzene rings is 4. The number of hydrogen-bond donors (Lipinski definition) is 0. The first-order valence-corrected chi connectivity index (χ1v) is 13.4. The molecular formula is C34H24N6O. The third-order valence-electron chi connectivity index (χ3n) is 7.26. The molecule has 0 atom stereocenters. The van der Waals surface area contributed by atoms with Crippen molar-refractivity contribution in [3.8, 4) is 45.4 Å². The van der Waals surface area contributed by atoms with Gasteiger partial charge in [0.15, 0.2) is 0 Å². The Hall–Kier alpha value is -5.82. The van der Waals surface area contributed by atoms with Gasteiger partial charge in [-0.3, -0.25) is 17.9 Å². The van der Waals surface area contributed by atoms with E-state index in [0.717, 1.165) is 56.9 Å². The third-order valence-corrected chi connectivity index (χ3v) is 7.26. The number of aromatic nitrogens is 6. The average Bonchev–Trinajstić information content (AvgIpc) is 3.81. The minimum Gasteiger partial charge on any atom is -0.457 e. The lowest BCUT2D eigenvalue weighted by Gasteiger charge is -2.10. The van der Waals surface area contributed by atoms with Crippen LogP contribution in [-0.4, -0.2) is 27.9 Å². The molecule has 0 amide bonds. The first kappa shape index (κ1) is 23.1. The van der Waals surface area contributed by atoms with Gasteiger partial charge < -0.3 is 4.74 Å². The van der Waals surface area contributed by atoms with Gasteiger partial charge in [-0.15, -0.1) is 0 Å². The first-order valence-electron chi connectivity index (χ1n) is 13.4. The lowest BCUT2D eigenvalue weighted by molar-refractivity contribution is 0.482. The molecule has 0 aliphatic heterocycles. The predicted octanol–water partition coefficient (Wildman–Crippen LogP) is 7.69. The number of rotatable bonds is 6. The fourth-order valence-electron chi connectivity index (χ4n) is 5.36. The van der Waals surface area contributed by atoms with E-state index in [1.165, 1.54) is 0 Å². The summed E-state index contributed by atoms with van der Waals surface area (Å²) in [7, 11) is 0. The maximum absolute atomic E-state index is 6.39. The van der Waals surface area contributed by atoms with Gasteiger partial charge in [0, 0.05) is 60.4 Å². The zero-order valence-corrected chi connectivity index (χ0v) is 21.9. The second-order valence-corrected chi connectivity index (χ2v) is 9.79. The summed E-state index contributed by atoms with van der Waals surface area (Å²) in [5.74, 6) is 3.16. The van der Waals surface area contributed by atoms with Crippen LogP contribution in [0, 0.1) is 0 Å². The molecule has 4 heterocycles. The van der Waals surface area contributed by atoms with Crippen molar-refractivity contribution in [2.75, 3.05) is 0 Å². The fourth-order valence-corrected chi connectivity index (χ4v) is 5.36. The molecule has 7 nitrogen and oxygen atoms in total. The van der Waals surface area contributed by atoms with E-state index >= 15 is 0 Å². The van der Waals surface area contributed by atoms with Crippen molar-refractivity contribution in [2.45, 2.75) is 0 Å². The summed E-state index contributed by atoms with van der Waals surface area (Å²) in [5.41, 5.74) is 6.34. The number of imidazole rings is 4. The highest BCUT2D eigenvalue weighted by molar-refractivity contribution is 5.66.